The highest BCUT2D eigenvalue weighted by Gasteiger charge is 2.61. The zero-order valence-electron chi connectivity index (χ0n) is 14.1. The molecule has 8 heteroatoms. The monoisotopic (exact) mass is 345 g/mol. The maximum Gasteiger partial charge on any atom is 0.329 e. The average Bonchev–Trinajstić information content (AvgIpc) is 2.81. The van der Waals surface area contributed by atoms with Crippen molar-refractivity contribution < 1.29 is 17.9 Å². The minimum Gasteiger partial charge on any atom is -0.379 e. The molecule has 2 N–H and O–H groups in total. The van der Waals surface area contributed by atoms with Gasteiger partial charge in [0.05, 0.1) is 13.2 Å². The molecule has 0 radical (unpaired) electrons. The van der Waals surface area contributed by atoms with Crippen LogP contribution in [0.1, 0.15) is 40.0 Å². The van der Waals surface area contributed by atoms with Crippen molar-refractivity contribution in [2.45, 2.75) is 46.1 Å². The van der Waals surface area contributed by atoms with Gasteiger partial charge in [-0.25, -0.2) is 9.52 Å². The van der Waals surface area contributed by atoms with E-state index in [0.29, 0.717) is 19.1 Å². The molecular weight excluding hydrogens is 318 g/mol. The topological polar surface area (TPSA) is 87.7 Å². The zero-order chi connectivity index (χ0) is 16.9. The molecule has 7 nitrogen and oxygen atoms in total. The van der Waals surface area contributed by atoms with Gasteiger partial charge < -0.3 is 10.1 Å². The third kappa shape index (κ3) is 2.74. The Balaban J connectivity index is 1.62. The van der Waals surface area contributed by atoms with Crippen molar-refractivity contribution in [3.8, 4) is 0 Å². The van der Waals surface area contributed by atoms with Crippen molar-refractivity contribution >= 4 is 16.2 Å². The lowest BCUT2D eigenvalue weighted by Gasteiger charge is -2.39. The Labute approximate surface area is 138 Å². The molecular formula is C15H27N3O4S. The number of fused-ring (bicyclic) bond motifs is 2. The number of urea groups is 1. The Morgan fingerprint density at radius 2 is 1.87 bits per heavy atom. The SMILES string of the molecule is CC1(C)C2CCC1(C)C(NC(=O)NS(=O)(=O)N1CCOCC1)C2. The first-order valence-electron chi connectivity index (χ1n) is 8.33. The molecule has 0 aromatic carbocycles. The largest absolute Gasteiger partial charge is 0.379 e. The second-order valence-corrected chi connectivity index (χ2v) is 9.43. The van der Waals surface area contributed by atoms with Gasteiger partial charge in [0, 0.05) is 19.1 Å². The van der Waals surface area contributed by atoms with E-state index in [9.17, 15) is 13.2 Å². The van der Waals surface area contributed by atoms with Crippen molar-refractivity contribution in [2.24, 2.45) is 16.7 Å². The van der Waals surface area contributed by atoms with Gasteiger partial charge in [0.25, 0.3) is 0 Å². The summed E-state index contributed by atoms with van der Waals surface area (Å²) < 4.78 is 33.0. The van der Waals surface area contributed by atoms with Gasteiger partial charge in [0.1, 0.15) is 0 Å². The molecule has 1 saturated heterocycles. The van der Waals surface area contributed by atoms with E-state index >= 15 is 0 Å². The number of nitrogens with one attached hydrogen (secondary N) is 2. The van der Waals surface area contributed by atoms with Crippen molar-refractivity contribution in [3.05, 3.63) is 0 Å². The van der Waals surface area contributed by atoms with Gasteiger partial charge in [-0.05, 0) is 36.0 Å². The Hall–Kier alpha value is -0.860. The minimum atomic E-state index is -3.79. The highest BCUT2D eigenvalue weighted by molar-refractivity contribution is 7.87. The van der Waals surface area contributed by atoms with Crippen LogP contribution in [0.2, 0.25) is 0 Å². The number of morpholine rings is 1. The van der Waals surface area contributed by atoms with Crippen molar-refractivity contribution in [1.29, 1.82) is 0 Å². The maximum atomic E-state index is 12.2. The third-order valence-corrected chi connectivity index (χ3v) is 8.12. The first-order chi connectivity index (χ1) is 10.7. The van der Waals surface area contributed by atoms with Gasteiger partial charge in [-0.2, -0.15) is 12.7 Å². The molecule has 1 heterocycles. The van der Waals surface area contributed by atoms with Crippen LogP contribution < -0.4 is 10.0 Å². The van der Waals surface area contributed by atoms with Crippen LogP contribution in [0.15, 0.2) is 0 Å². The molecule has 2 amide bonds. The fourth-order valence-corrected chi connectivity index (χ4v) is 5.63. The molecule has 3 aliphatic rings. The maximum absolute atomic E-state index is 12.2. The standard InChI is InChI=1S/C15H27N3O4S/c1-14(2)11-4-5-15(14,3)12(10-11)16-13(19)17-23(20,21)18-6-8-22-9-7-18/h11-12H,4-10H2,1-3H3,(H2,16,17,19). The molecule has 23 heavy (non-hydrogen) atoms. The van der Waals surface area contributed by atoms with Crippen LogP contribution in [0.25, 0.3) is 0 Å². The summed E-state index contributed by atoms with van der Waals surface area (Å²) in [4.78, 5) is 12.2. The first kappa shape index (κ1) is 17.0. The molecule has 2 bridgehead atoms. The Kier molecular flexibility index (Phi) is 4.13. The predicted octanol–water partition coefficient (Wildman–Crippen LogP) is 1.08. The Bertz CT molecular complexity index is 586. The Morgan fingerprint density at radius 1 is 1.22 bits per heavy atom. The van der Waals surface area contributed by atoms with Crippen LogP contribution in [0.4, 0.5) is 4.79 Å². The smallest absolute Gasteiger partial charge is 0.329 e. The number of hydrogen-bond acceptors (Lipinski definition) is 4. The molecule has 132 valence electrons. The normalized spacial score (nSPS) is 36.8. The van der Waals surface area contributed by atoms with E-state index in [1.54, 1.807) is 0 Å². The number of ether oxygens (including phenoxy) is 1. The number of hydrogen-bond donors (Lipinski definition) is 2. The molecule has 3 fully saturated rings. The van der Waals surface area contributed by atoms with Gasteiger partial charge >= 0.3 is 16.2 Å². The number of carbonyl (C=O) groups is 1. The number of nitrogens with zero attached hydrogens (tertiary/aromatic N) is 1. The molecule has 3 unspecified atom stereocenters. The summed E-state index contributed by atoms with van der Waals surface area (Å²) in [5.74, 6) is 0.591. The average molecular weight is 345 g/mol. The molecule has 3 rings (SSSR count). The first-order valence-corrected chi connectivity index (χ1v) is 9.77. The van der Waals surface area contributed by atoms with Crippen molar-refractivity contribution in [3.63, 3.8) is 0 Å². The van der Waals surface area contributed by atoms with Gasteiger partial charge in [0.15, 0.2) is 0 Å². The van der Waals surface area contributed by atoms with Crippen molar-refractivity contribution in [2.75, 3.05) is 26.3 Å². The lowest BCUT2D eigenvalue weighted by atomic mass is 9.69. The van der Waals surface area contributed by atoms with E-state index in [4.69, 9.17) is 4.74 Å². The molecule has 0 aromatic heterocycles. The highest BCUT2D eigenvalue weighted by atomic mass is 32.2. The van der Waals surface area contributed by atoms with Crippen LogP contribution in [-0.2, 0) is 14.9 Å². The molecule has 0 aromatic rings. The van der Waals surface area contributed by atoms with E-state index < -0.39 is 16.2 Å². The van der Waals surface area contributed by atoms with Gasteiger partial charge in [-0.3, -0.25) is 0 Å². The van der Waals surface area contributed by atoms with Gasteiger partial charge in [-0.15, -0.1) is 0 Å². The second-order valence-electron chi connectivity index (χ2n) is 7.76. The van der Waals surface area contributed by atoms with Crippen LogP contribution in [0, 0.1) is 16.7 Å². The fraction of sp³-hybridized carbons (Fsp3) is 0.933. The number of carbonyl (C=O) groups excluding carboxylic acids is 1. The summed E-state index contributed by atoms with van der Waals surface area (Å²) in [5.41, 5.74) is 0.200. The van der Waals surface area contributed by atoms with E-state index in [1.807, 2.05) is 0 Å². The third-order valence-electron chi connectivity index (χ3n) is 6.63. The molecule has 3 atom stereocenters. The van der Waals surface area contributed by atoms with Crippen LogP contribution in [-0.4, -0.2) is 51.1 Å². The van der Waals surface area contributed by atoms with Gasteiger partial charge in [-0.1, -0.05) is 20.8 Å². The zero-order valence-corrected chi connectivity index (χ0v) is 14.9. The minimum absolute atomic E-state index is 0.0242. The van der Waals surface area contributed by atoms with E-state index in [2.05, 4.69) is 30.8 Å². The molecule has 1 aliphatic heterocycles. The summed E-state index contributed by atoms with van der Waals surface area (Å²) >= 11 is 0. The van der Waals surface area contributed by atoms with Crippen LogP contribution in [0.3, 0.4) is 0 Å². The van der Waals surface area contributed by atoms with E-state index in [0.717, 1.165) is 12.8 Å². The fourth-order valence-electron chi connectivity index (χ4n) is 4.58. The Morgan fingerprint density at radius 3 is 2.39 bits per heavy atom. The lowest BCUT2D eigenvalue weighted by molar-refractivity contribution is 0.0725. The number of amides is 2. The summed E-state index contributed by atoms with van der Waals surface area (Å²) in [6, 6.07) is -0.595. The second kappa shape index (κ2) is 5.60. The van der Waals surface area contributed by atoms with E-state index in [-0.39, 0.29) is 30.0 Å². The predicted molar refractivity (Wildman–Crippen MR) is 86.0 cm³/mol. The quantitative estimate of drug-likeness (QED) is 0.801. The lowest BCUT2D eigenvalue weighted by Crippen LogP contribution is -2.54. The van der Waals surface area contributed by atoms with Crippen LogP contribution in [0.5, 0.6) is 0 Å². The molecule has 2 saturated carbocycles. The summed E-state index contributed by atoms with van der Waals surface area (Å²) in [6.45, 7) is 8.00. The summed E-state index contributed by atoms with van der Waals surface area (Å²) in [5, 5.41) is 2.91. The molecule has 0 spiro atoms. The van der Waals surface area contributed by atoms with Gasteiger partial charge in [0.2, 0.25) is 0 Å². The van der Waals surface area contributed by atoms with E-state index in [1.165, 1.54) is 10.7 Å². The summed E-state index contributed by atoms with van der Waals surface area (Å²) in [7, 11) is -3.79. The highest BCUT2D eigenvalue weighted by Crippen LogP contribution is 2.65. The van der Waals surface area contributed by atoms with Crippen LogP contribution >= 0.6 is 0 Å². The number of rotatable bonds is 3. The van der Waals surface area contributed by atoms with Crippen molar-refractivity contribution in [1.82, 2.24) is 14.3 Å². The summed E-state index contributed by atoms with van der Waals surface area (Å²) in [6.07, 6.45) is 3.19. The molecule has 2 aliphatic carbocycles.